The highest BCUT2D eigenvalue weighted by Crippen LogP contribution is 2.31. The molecule has 0 unspecified atom stereocenters. The molecule has 0 aliphatic carbocycles. The molecule has 0 radical (unpaired) electrons. The molecule has 1 amide bonds. The van der Waals surface area contributed by atoms with E-state index in [1.807, 2.05) is 25.1 Å². The molecule has 8 heteroatoms. The number of sulfone groups is 1. The van der Waals surface area contributed by atoms with E-state index in [0.29, 0.717) is 18.2 Å². The molecular formula is C22H27N3O3S2. The first-order valence-corrected chi connectivity index (χ1v) is 12.7. The predicted molar refractivity (Wildman–Crippen MR) is 123 cm³/mol. The number of benzene rings is 2. The van der Waals surface area contributed by atoms with Crippen LogP contribution in [-0.4, -0.2) is 56.6 Å². The Morgan fingerprint density at radius 3 is 2.43 bits per heavy atom. The SMILES string of the molecule is CCN(CC)CCN(C(=O)c1ccccc1S(C)(=O)=O)c1nc2ccc(C)cc2s1. The summed E-state index contributed by atoms with van der Waals surface area (Å²) in [6.45, 7) is 9.02. The molecule has 0 bridgehead atoms. The van der Waals surface area contributed by atoms with Gasteiger partial charge in [0.15, 0.2) is 15.0 Å². The number of hydrogen-bond acceptors (Lipinski definition) is 6. The summed E-state index contributed by atoms with van der Waals surface area (Å²) < 4.78 is 25.5. The lowest BCUT2D eigenvalue weighted by atomic mass is 10.2. The number of aromatic nitrogens is 1. The Morgan fingerprint density at radius 1 is 1.07 bits per heavy atom. The summed E-state index contributed by atoms with van der Waals surface area (Å²) in [5.74, 6) is -0.348. The van der Waals surface area contributed by atoms with Gasteiger partial charge in [-0.2, -0.15) is 0 Å². The van der Waals surface area contributed by atoms with E-state index < -0.39 is 9.84 Å². The van der Waals surface area contributed by atoms with Crippen molar-refractivity contribution in [1.29, 1.82) is 0 Å². The third-order valence-corrected chi connectivity index (χ3v) is 7.26. The van der Waals surface area contributed by atoms with Crippen LogP contribution in [0.25, 0.3) is 10.2 Å². The average Bonchev–Trinajstić information content (AvgIpc) is 3.13. The summed E-state index contributed by atoms with van der Waals surface area (Å²) in [5.41, 5.74) is 2.13. The first kappa shape index (κ1) is 22.4. The van der Waals surface area contributed by atoms with E-state index in [4.69, 9.17) is 0 Å². The van der Waals surface area contributed by atoms with Crippen molar-refractivity contribution < 1.29 is 13.2 Å². The Labute approximate surface area is 182 Å². The van der Waals surface area contributed by atoms with Gasteiger partial charge in [-0.05, 0) is 49.8 Å². The number of likely N-dealkylation sites (N-methyl/N-ethyl adjacent to an activating group) is 1. The van der Waals surface area contributed by atoms with Gasteiger partial charge in [0.2, 0.25) is 0 Å². The van der Waals surface area contributed by atoms with Crippen LogP contribution < -0.4 is 4.90 Å². The third-order valence-electron chi connectivity index (χ3n) is 5.06. The van der Waals surface area contributed by atoms with Crippen LogP contribution in [0.5, 0.6) is 0 Å². The maximum absolute atomic E-state index is 13.6. The van der Waals surface area contributed by atoms with Gasteiger partial charge in [0.05, 0.1) is 20.7 Å². The van der Waals surface area contributed by atoms with Crippen LogP contribution in [0.15, 0.2) is 47.4 Å². The molecule has 2 aromatic carbocycles. The number of amides is 1. The highest BCUT2D eigenvalue weighted by Gasteiger charge is 2.26. The number of nitrogens with zero attached hydrogens (tertiary/aromatic N) is 3. The van der Waals surface area contributed by atoms with Crippen molar-refractivity contribution in [1.82, 2.24) is 9.88 Å². The molecule has 0 N–H and O–H groups in total. The number of rotatable bonds is 8. The minimum absolute atomic E-state index is 0.0415. The van der Waals surface area contributed by atoms with Crippen molar-refractivity contribution in [3.05, 3.63) is 53.6 Å². The van der Waals surface area contributed by atoms with Gasteiger partial charge < -0.3 is 4.90 Å². The molecule has 0 spiro atoms. The fourth-order valence-corrected chi connectivity index (χ4v) is 5.28. The van der Waals surface area contributed by atoms with Crippen LogP contribution >= 0.6 is 11.3 Å². The monoisotopic (exact) mass is 445 g/mol. The van der Waals surface area contributed by atoms with E-state index in [0.717, 1.165) is 35.1 Å². The molecular weight excluding hydrogens is 418 g/mol. The fourth-order valence-electron chi connectivity index (χ4n) is 3.31. The van der Waals surface area contributed by atoms with Gasteiger partial charge in [-0.1, -0.05) is 43.4 Å². The lowest BCUT2D eigenvalue weighted by Gasteiger charge is -2.25. The van der Waals surface area contributed by atoms with E-state index in [1.165, 1.54) is 17.4 Å². The topological polar surface area (TPSA) is 70.6 Å². The van der Waals surface area contributed by atoms with Crippen LogP contribution in [-0.2, 0) is 9.84 Å². The maximum atomic E-state index is 13.6. The number of thiazole rings is 1. The fraction of sp³-hybridized carbons (Fsp3) is 0.364. The quantitative estimate of drug-likeness (QED) is 0.524. The zero-order chi connectivity index (χ0) is 21.9. The molecule has 1 heterocycles. The minimum atomic E-state index is -3.54. The normalized spacial score (nSPS) is 11.9. The molecule has 3 aromatic rings. The molecule has 0 aliphatic heterocycles. The number of carbonyl (C=O) groups is 1. The van der Waals surface area contributed by atoms with Crippen LogP contribution in [0, 0.1) is 6.92 Å². The maximum Gasteiger partial charge on any atom is 0.261 e. The third kappa shape index (κ3) is 4.88. The standard InChI is InChI=1S/C22H27N3O3S2/c1-5-24(6-2)13-14-25(22-23-18-12-11-16(3)15-19(18)29-22)21(26)17-9-7-8-10-20(17)30(4,27)28/h7-12,15H,5-6,13-14H2,1-4H3. The molecule has 1 aromatic heterocycles. The summed E-state index contributed by atoms with van der Waals surface area (Å²) in [5, 5.41) is 0.580. The van der Waals surface area contributed by atoms with Crippen molar-refractivity contribution in [2.45, 2.75) is 25.7 Å². The molecule has 0 atom stereocenters. The second-order valence-corrected chi connectivity index (χ2v) is 10.2. The van der Waals surface area contributed by atoms with Crippen LogP contribution in [0.1, 0.15) is 29.8 Å². The molecule has 160 valence electrons. The first-order valence-electron chi connectivity index (χ1n) is 9.95. The minimum Gasteiger partial charge on any atom is -0.302 e. The number of carbonyl (C=O) groups excluding carboxylic acids is 1. The highest BCUT2D eigenvalue weighted by molar-refractivity contribution is 7.90. The van der Waals surface area contributed by atoms with E-state index in [9.17, 15) is 13.2 Å². The van der Waals surface area contributed by atoms with Crippen molar-refractivity contribution in [3.8, 4) is 0 Å². The summed E-state index contributed by atoms with van der Waals surface area (Å²) >= 11 is 1.45. The Morgan fingerprint density at radius 2 is 1.77 bits per heavy atom. The molecule has 3 rings (SSSR count). The molecule has 30 heavy (non-hydrogen) atoms. The van der Waals surface area contributed by atoms with Gasteiger partial charge in [-0.3, -0.25) is 9.69 Å². The van der Waals surface area contributed by atoms with Gasteiger partial charge >= 0.3 is 0 Å². The Balaban J connectivity index is 2.06. The Bertz CT molecular complexity index is 1150. The number of anilines is 1. The van der Waals surface area contributed by atoms with Gasteiger partial charge in [0.25, 0.3) is 5.91 Å². The van der Waals surface area contributed by atoms with Crippen molar-refractivity contribution >= 4 is 42.4 Å². The Kier molecular flexibility index (Phi) is 6.90. The van der Waals surface area contributed by atoms with E-state index in [-0.39, 0.29) is 16.4 Å². The predicted octanol–water partition coefficient (Wildman–Crippen LogP) is 4.00. The zero-order valence-electron chi connectivity index (χ0n) is 17.8. The molecule has 0 fully saturated rings. The second-order valence-electron chi connectivity index (χ2n) is 7.22. The number of hydrogen-bond donors (Lipinski definition) is 0. The largest absolute Gasteiger partial charge is 0.302 e. The van der Waals surface area contributed by atoms with Gasteiger partial charge in [0.1, 0.15) is 0 Å². The first-order chi connectivity index (χ1) is 14.2. The highest BCUT2D eigenvalue weighted by atomic mass is 32.2. The average molecular weight is 446 g/mol. The van der Waals surface area contributed by atoms with E-state index in [1.54, 1.807) is 23.1 Å². The van der Waals surface area contributed by atoms with E-state index in [2.05, 4.69) is 23.7 Å². The van der Waals surface area contributed by atoms with Crippen LogP contribution in [0.2, 0.25) is 0 Å². The number of aryl methyl sites for hydroxylation is 1. The van der Waals surface area contributed by atoms with Gasteiger partial charge in [-0.25, -0.2) is 13.4 Å². The molecule has 6 nitrogen and oxygen atoms in total. The van der Waals surface area contributed by atoms with Crippen molar-refractivity contribution in [3.63, 3.8) is 0 Å². The van der Waals surface area contributed by atoms with Gasteiger partial charge in [0, 0.05) is 19.3 Å². The summed E-state index contributed by atoms with van der Waals surface area (Å²) in [6, 6.07) is 12.4. The van der Waals surface area contributed by atoms with Gasteiger partial charge in [-0.15, -0.1) is 0 Å². The van der Waals surface area contributed by atoms with Crippen LogP contribution in [0.3, 0.4) is 0 Å². The Hall–Kier alpha value is -2.29. The van der Waals surface area contributed by atoms with Crippen molar-refractivity contribution in [2.75, 3.05) is 37.3 Å². The summed E-state index contributed by atoms with van der Waals surface area (Å²) in [4.78, 5) is 22.1. The zero-order valence-corrected chi connectivity index (χ0v) is 19.4. The van der Waals surface area contributed by atoms with E-state index >= 15 is 0 Å². The smallest absolute Gasteiger partial charge is 0.261 e. The summed E-state index contributed by atoms with van der Waals surface area (Å²) in [6.07, 6.45) is 1.12. The molecule has 0 aliphatic rings. The van der Waals surface area contributed by atoms with Crippen LogP contribution in [0.4, 0.5) is 5.13 Å². The lowest BCUT2D eigenvalue weighted by Crippen LogP contribution is -2.39. The number of fused-ring (bicyclic) bond motifs is 1. The second kappa shape index (κ2) is 9.24. The summed E-state index contributed by atoms with van der Waals surface area (Å²) in [7, 11) is -3.54. The van der Waals surface area contributed by atoms with Crippen molar-refractivity contribution in [2.24, 2.45) is 0 Å². The molecule has 0 saturated heterocycles. The lowest BCUT2D eigenvalue weighted by molar-refractivity contribution is 0.0980. The molecule has 0 saturated carbocycles.